The highest BCUT2D eigenvalue weighted by molar-refractivity contribution is 5.79. The van der Waals surface area contributed by atoms with Crippen LogP contribution in [0.2, 0.25) is 0 Å². The number of nitrogens with zero attached hydrogens (tertiary/aromatic N) is 3. The van der Waals surface area contributed by atoms with Gasteiger partial charge in [0, 0.05) is 50.4 Å². The van der Waals surface area contributed by atoms with Crippen LogP contribution in [0.4, 0.5) is 4.79 Å². The first kappa shape index (κ1) is 18.7. The van der Waals surface area contributed by atoms with Crippen LogP contribution in [0, 0.1) is 5.92 Å². The number of urea groups is 1. The molecule has 1 aliphatic heterocycles. The number of benzene rings is 1. The molecule has 2 aromatic rings. The maximum atomic E-state index is 12.5. The zero-order chi connectivity index (χ0) is 18.4. The van der Waals surface area contributed by atoms with E-state index >= 15 is 0 Å². The largest absolute Gasteiger partial charge is 0.379 e. The third-order valence-corrected chi connectivity index (χ3v) is 4.78. The van der Waals surface area contributed by atoms with E-state index in [1.165, 1.54) is 10.9 Å². The van der Waals surface area contributed by atoms with Crippen molar-refractivity contribution in [3.05, 3.63) is 36.5 Å². The molecule has 142 valence electrons. The SMILES string of the molecule is CN(C)C[C@@H]1COCCN(C(=O)NCCCn2ccc3ccccc32)C1. The molecule has 26 heavy (non-hydrogen) atoms. The summed E-state index contributed by atoms with van der Waals surface area (Å²) in [5.41, 5.74) is 1.25. The molecule has 0 radical (unpaired) electrons. The summed E-state index contributed by atoms with van der Waals surface area (Å²) in [5, 5.41) is 4.33. The van der Waals surface area contributed by atoms with Crippen LogP contribution in [0.25, 0.3) is 10.9 Å². The number of para-hydroxylation sites is 1. The van der Waals surface area contributed by atoms with Crippen LogP contribution < -0.4 is 5.32 Å². The smallest absolute Gasteiger partial charge is 0.317 e. The minimum absolute atomic E-state index is 0.0246. The van der Waals surface area contributed by atoms with Gasteiger partial charge in [0.05, 0.1) is 13.2 Å². The topological polar surface area (TPSA) is 49.7 Å². The highest BCUT2D eigenvalue weighted by Crippen LogP contribution is 2.15. The normalized spacial score (nSPS) is 18.3. The molecule has 6 nitrogen and oxygen atoms in total. The number of rotatable bonds is 6. The molecule has 1 atom stereocenters. The number of aryl methyl sites for hydroxylation is 1. The summed E-state index contributed by atoms with van der Waals surface area (Å²) in [5.74, 6) is 0.365. The van der Waals surface area contributed by atoms with Gasteiger partial charge < -0.3 is 24.4 Å². The van der Waals surface area contributed by atoms with Crippen LogP contribution in [-0.2, 0) is 11.3 Å². The van der Waals surface area contributed by atoms with E-state index in [-0.39, 0.29) is 6.03 Å². The van der Waals surface area contributed by atoms with E-state index in [2.05, 4.69) is 65.4 Å². The average Bonchev–Trinajstić information content (AvgIpc) is 2.89. The van der Waals surface area contributed by atoms with Gasteiger partial charge in [0.2, 0.25) is 0 Å². The predicted octanol–water partition coefficient (Wildman–Crippen LogP) is 2.25. The van der Waals surface area contributed by atoms with Crippen LogP contribution in [0.5, 0.6) is 0 Å². The number of carbonyl (C=O) groups excluding carboxylic acids is 1. The van der Waals surface area contributed by atoms with Crippen LogP contribution in [0.1, 0.15) is 6.42 Å². The summed E-state index contributed by atoms with van der Waals surface area (Å²) in [4.78, 5) is 16.5. The van der Waals surface area contributed by atoms with Crippen LogP contribution in [0.3, 0.4) is 0 Å². The monoisotopic (exact) mass is 358 g/mol. The van der Waals surface area contributed by atoms with Gasteiger partial charge in [-0.1, -0.05) is 18.2 Å². The van der Waals surface area contributed by atoms with Gasteiger partial charge in [0.15, 0.2) is 0 Å². The number of nitrogens with one attached hydrogen (secondary N) is 1. The molecule has 0 saturated carbocycles. The minimum atomic E-state index is 0.0246. The van der Waals surface area contributed by atoms with Crippen molar-refractivity contribution in [3.8, 4) is 0 Å². The van der Waals surface area contributed by atoms with E-state index in [4.69, 9.17) is 4.74 Å². The van der Waals surface area contributed by atoms with Crippen molar-refractivity contribution in [1.29, 1.82) is 0 Å². The van der Waals surface area contributed by atoms with E-state index in [1.54, 1.807) is 0 Å². The molecule has 0 spiro atoms. The minimum Gasteiger partial charge on any atom is -0.379 e. The number of amides is 2. The molecule has 1 aliphatic rings. The predicted molar refractivity (Wildman–Crippen MR) is 104 cm³/mol. The zero-order valence-electron chi connectivity index (χ0n) is 15.9. The first-order valence-electron chi connectivity index (χ1n) is 9.42. The molecule has 3 rings (SSSR count). The molecular weight excluding hydrogens is 328 g/mol. The third-order valence-electron chi connectivity index (χ3n) is 4.78. The lowest BCUT2D eigenvalue weighted by Gasteiger charge is -2.25. The fraction of sp³-hybridized carbons (Fsp3) is 0.550. The summed E-state index contributed by atoms with van der Waals surface area (Å²) in [6.45, 7) is 5.28. The molecule has 1 fully saturated rings. The van der Waals surface area contributed by atoms with Crippen LogP contribution in [0.15, 0.2) is 36.5 Å². The van der Waals surface area contributed by atoms with E-state index < -0.39 is 0 Å². The van der Waals surface area contributed by atoms with Gasteiger partial charge in [-0.3, -0.25) is 0 Å². The van der Waals surface area contributed by atoms with Crippen molar-refractivity contribution in [2.75, 3.05) is 53.5 Å². The number of hydrogen-bond acceptors (Lipinski definition) is 3. The Bertz CT molecular complexity index is 713. The highest BCUT2D eigenvalue weighted by Gasteiger charge is 2.22. The fourth-order valence-electron chi connectivity index (χ4n) is 3.58. The lowest BCUT2D eigenvalue weighted by Crippen LogP contribution is -2.44. The summed E-state index contributed by atoms with van der Waals surface area (Å²) in [7, 11) is 4.11. The second kappa shape index (κ2) is 9.05. The molecular formula is C20H30N4O2. The van der Waals surface area contributed by atoms with E-state index in [0.29, 0.717) is 25.6 Å². The van der Waals surface area contributed by atoms with Gasteiger partial charge >= 0.3 is 6.03 Å². The number of carbonyl (C=O) groups is 1. The Morgan fingerprint density at radius 3 is 3.00 bits per heavy atom. The Balaban J connectivity index is 1.44. The first-order chi connectivity index (χ1) is 12.6. The quantitative estimate of drug-likeness (QED) is 0.806. The summed E-state index contributed by atoms with van der Waals surface area (Å²) < 4.78 is 7.90. The van der Waals surface area contributed by atoms with Gasteiger partial charge in [-0.15, -0.1) is 0 Å². The number of hydrogen-bond donors (Lipinski definition) is 1. The molecule has 1 aromatic heterocycles. The van der Waals surface area contributed by atoms with Crippen molar-refractivity contribution in [2.45, 2.75) is 13.0 Å². The second-order valence-electron chi connectivity index (χ2n) is 7.30. The van der Waals surface area contributed by atoms with E-state index in [1.807, 2.05) is 4.90 Å². The van der Waals surface area contributed by atoms with Gasteiger partial charge in [0.25, 0.3) is 0 Å². The number of ether oxygens (including phenoxy) is 1. The first-order valence-corrected chi connectivity index (χ1v) is 9.42. The van der Waals surface area contributed by atoms with Crippen LogP contribution in [-0.4, -0.2) is 73.9 Å². The maximum absolute atomic E-state index is 12.5. The lowest BCUT2D eigenvalue weighted by molar-refractivity contribution is 0.112. The van der Waals surface area contributed by atoms with Crippen molar-refractivity contribution in [2.24, 2.45) is 5.92 Å². The van der Waals surface area contributed by atoms with Crippen molar-refractivity contribution >= 4 is 16.9 Å². The molecule has 1 aromatic carbocycles. The second-order valence-corrected chi connectivity index (χ2v) is 7.30. The Morgan fingerprint density at radius 1 is 1.31 bits per heavy atom. The zero-order valence-corrected chi connectivity index (χ0v) is 15.9. The third kappa shape index (κ3) is 4.99. The molecule has 2 heterocycles. The molecule has 0 unspecified atom stereocenters. The van der Waals surface area contributed by atoms with E-state index in [9.17, 15) is 4.79 Å². The Labute approximate surface area is 155 Å². The van der Waals surface area contributed by atoms with E-state index in [0.717, 1.165) is 32.7 Å². The standard InChI is InChI=1S/C20H30N4O2/c1-22(2)14-17-15-24(12-13-26-16-17)20(25)21-9-5-10-23-11-8-18-6-3-4-7-19(18)23/h3-4,6-8,11,17H,5,9-10,12-16H2,1-2H3,(H,21,25)/t17-/m0/s1. The fourth-order valence-corrected chi connectivity index (χ4v) is 3.58. The van der Waals surface area contributed by atoms with Crippen molar-refractivity contribution in [3.63, 3.8) is 0 Å². The lowest BCUT2D eigenvalue weighted by atomic mass is 10.1. The van der Waals surface area contributed by atoms with Gasteiger partial charge in [0.1, 0.15) is 0 Å². The van der Waals surface area contributed by atoms with Crippen molar-refractivity contribution < 1.29 is 9.53 Å². The maximum Gasteiger partial charge on any atom is 0.317 e. The Kier molecular flexibility index (Phi) is 6.52. The van der Waals surface area contributed by atoms with Gasteiger partial charge in [-0.05, 0) is 38.0 Å². The van der Waals surface area contributed by atoms with Gasteiger partial charge in [-0.2, -0.15) is 0 Å². The highest BCUT2D eigenvalue weighted by atomic mass is 16.5. The molecule has 2 amide bonds. The summed E-state index contributed by atoms with van der Waals surface area (Å²) in [6.07, 6.45) is 3.03. The molecule has 0 aliphatic carbocycles. The number of fused-ring (bicyclic) bond motifs is 1. The number of aromatic nitrogens is 1. The van der Waals surface area contributed by atoms with Crippen molar-refractivity contribution in [1.82, 2.24) is 19.7 Å². The molecule has 1 saturated heterocycles. The Morgan fingerprint density at radius 2 is 2.15 bits per heavy atom. The Hall–Kier alpha value is -2.05. The molecule has 6 heteroatoms. The summed E-state index contributed by atoms with van der Waals surface area (Å²) >= 11 is 0. The van der Waals surface area contributed by atoms with Crippen LogP contribution >= 0.6 is 0 Å². The van der Waals surface area contributed by atoms with Gasteiger partial charge in [-0.25, -0.2) is 4.79 Å². The summed E-state index contributed by atoms with van der Waals surface area (Å²) in [6, 6.07) is 10.5. The average molecular weight is 358 g/mol. The molecule has 1 N–H and O–H groups in total. The molecule has 0 bridgehead atoms.